The van der Waals surface area contributed by atoms with E-state index in [2.05, 4.69) is 0 Å². The molecule has 36 heavy (non-hydrogen) atoms. The van der Waals surface area contributed by atoms with Crippen LogP contribution in [0.2, 0.25) is 0 Å². The molecule has 2 aliphatic heterocycles. The summed E-state index contributed by atoms with van der Waals surface area (Å²) in [6, 6.07) is 17.3. The molecule has 1 atom stereocenters. The van der Waals surface area contributed by atoms with E-state index < -0.39 is 16.6 Å². The predicted octanol–water partition coefficient (Wildman–Crippen LogP) is 5.61. The Labute approximate surface area is 210 Å². The summed E-state index contributed by atoms with van der Waals surface area (Å²) in [5, 5.41) is 0. The summed E-state index contributed by atoms with van der Waals surface area (Å²) < 4.78 is 44.5. The molecule has 1 fully saturated rings. The van der Waals surface area contributed by atoms with Crippen molar-refractivity contribution in [2.45, 2.75) is 24.5 Å². The molecule has 0 N–H and O–H groups in total. The van der Waals surface area contributed by atoms with Crippen LogP contribution >= 0.6 is 11.8 Å². The minimum absolute atomic E-state index is 0.0744. The van der Waals surface area contributed by atoms with Crippen molar-refractivity contribution in [1.29, 1.82) is 0 Å². The second-order valence-electron chi connectivity index (χ2n) is 8.73. The molecule has 2 amide bonds. The summed E-state index contributed by atoms with van der Waals surface area (Å²) in [6.07, 6.45) is -4.44. The Morgan fingerprint density at radius 1 is 1.08 bits per heavy atom. The smallest absolute Gasteiger partial charge is 0.416 e. The van der Waals surface area contributed by atoms with Gasteiger partial charge in [-0.1, -0.05) is 30.3 Å². The van der Waals surface area contributed by atoms with Gasteiger partial charge in [0.2, 0.25) is 0 Å². The lowest BCUT2D eigenvalue weighted by molar-refractivity contribution is -0.137. The van der Waals surface area contributed by atoms with Gasteiger partial charge in [0, 0.05) is 23.4 Å². The molecule has 2 heterocycles. The third-order valence-electron chi connectivity index (χ3n) is 6.64. The van der Waals surface area contributed by atoms with Crippen molar-refractivity contribution in [2.75, 3.05) is 24.3 Å². The summed E-state index contributed by atoms with van der Waals surface area (Å²) in [6.45, 7) is 2.31. The van der Waals surface area contributed by atoms with Gasteiger partial charge in [-0.2, -0.15) is 13.2 Å². The number of alkyl halides is 3. The van der Waals surface area contributed by atoms with Crippen LogP contribution in [0.1, 0.15) is 32.6 Å². The fourth-order valence-electron chi connectivity index (χ4n) is 4.82. The summed E-state index contributed by atoms with van der Waals surface area (Å²) in [5.74, 6) is 0.577. The first-order valence-electron chi connectivity index (χ1n) is 11.3. The Morgan fingerprint density at radius 2 is 1.81 bits per heavy atom. The number of carbonyl (C=O) groups is 2. The highest BCUT2D eigenvalue weighted by molar-refractivity contribution is 8.01. The maximum atomic E-state index is 14.1. The highest BCUT2D eigenvalue weighted by atomic mass is 32.2. The summed E-state index contributed by atoms with van der Waals surface area (Å²) in [5.41, 5.74) is 2.39. The molecule has 3 aromatic rings. The zero-order valence-corrected chi connectivity index (χ0v) is 20.4. The number of ether oxygens (including phenoxy) is 1. The van der Waals surface area contributed by atoms with E-state index in [0.717, 1.165) is 17.7 Å². The Kier molecular flexibility index (Phi) is 5.98. The van der Waals surface area contributed by atoms with Crippen molar-refractivity contribution in [1.82, 2.24) is 4.90 Å². The summed E-state index contributed by atoms with van der Waals surface area (Å²) in [7, 11) is 1.53. The van der Waals surface area contributed by atoms with Gasteiger partial charge in [0.25, 0.3) is 11.8 Å². The number of nitrogens with zero attached hydrogens (tertiary/aromatic N) is 2. The lowest BCUT2D eigenvalue weighted by Gasteiger charge is -2.33. The number of benzene rings is 3. The van der Waals surface area contributed by atoms with Crippen LogP contribution < -0.4 is 9.64 Å². The topological polar surface area (TPSA) is 49.9 Å². The molecule has 0 radical (unpaired) electrons. The molecule has 1 spiro atoms. The van der Waals surface area contributed by atoms with Crippen molar-refractivity contribution in [2.24, 2.45) is 0 Å². The monoisotopic (exact) mass is 512 g/mol. The van der Waals surface area contributed by atoms with E-state index in [-0.39, 0.29) is 18.4 Å². The first-order valence-corrected chi connectivity index (χ1v) is 12.3. The second-order valence-corrected chi connectivity index (χ2v) is 10.0. The molecule has 1 saturated heterocycles. The maximum absolute atomic E-state index is 14.1. The second kappa shape index (κ2) is 8.89. The van der Waals surface area contributed by atoms with Gasteiger partial charge in [-0.15, -0.1) is 11.8 Å². The first-order chi connectivity index (χ1) is 17.2. The highest BCUT2D eigenvalue weighted by Crippen LogP contribution is 2.55. The van der Waals surface area contributed by atoms with Crippen molar-refractivity contribution >= 4 is 29.3 Å². The van der Waals surface area contributed by atoms with E-state index in [9.17, 15) is 22.8 Å². The van der Waals surface area contributed by atoms with E-state index in [0.29, 0.717) is 40.4 Å². The van der Waals surface area contributed by atoms with Gasteiger partial charge in [0.05, 0.1) is 24.9 Å². The number of rotatable bonds is 4. The largest absolute Gasteiger partial charge is 0.497 e. The Morgan fingerprint density at radius 3 is 2.47 bits per heavy atom. The number of anilines is 1. The van der Waals surface area contributed by atoms with Crippen LogP contribution in [0, 0.1) is 6.92 Å². The van der Waals surface area contributed by atoms with Crippen molar-refractivity contribution in [3.8, 4) is 5.75 Å². The molecule has 186 valence electrons. The number of amides is 2. The minimum atomic E-state index is -4.44. The van der Waals surface area contributed by atoms with E-state index in [1.807, 2.05) is 19.1 Å². The SMILES string of the molecule is COc1ccc2c(c1)[C@]1(SCCN1C(=O)c1ccccc1C)C(=O)N2Cc1ccc(C(F)(F)F)cc1. The van der Waals surface area contributed by atoms with Crippen LogP contribution in [0.15, 0.2) is 66.7 Å². The Bertz CT molecular complexity index is 1340. The average molecular weight is 513 g/mol. The highest BCUT2D eigenvalue weighted by Gasteiger charge is 2.59. The lowest BCUT2D eigenvalue weighted by Crippen LogP contribution is -2.50. The molecule has 5 rings (SSSR count). The van der Waals surface area contributed by atoms with Crippen molar-refractivity contribution in [3.63, 3.8) is 0 Å². The number of methoxy groups -OCH3 is 1. The average Bonchev–Trinajstić information content (AvgIpc) is 3.40. The van der Waals surface area contributed by atoms with Gasteiger partial charge in [-0.3, -0.25) is 9.59 Å². The van der Waals surface area contributed by atoms with E-state index in [1.54, 1.807) is 40.1 Å². The Hall–Kier alpha value is -3.46. The van der Waals surface area contributed by atoms with E-state index in [4.69, 9.17) is 4.74 Å². The van der Waals surface area contributed by atoms with Crippen molar-refractivity contribution < 1.29 is 27.5 Å². The van der Waals surface area contributed by atoms with E-state index in [1.165, 1.54) is 31.0 Å². The molecule has 0 saturated carbocycles. The summed E-state index contributed by atoms with van der Waals surface area (Å²) in [4.78, 5) is 29.8. The van der Waals surface area contributed by atoms with E-state index >= 15 is 0 Å². The van der Waals surface area contributed by atoms with Crippen LogP contribution in [0.3, 0.4) is 0 Å². The number of hydrogen-bond acceptors (Lipinski definition) is 4. The van der Waals surface area contributed by atoms with Crippen LogP contribution in [-0.2, 0) is 22.4 Å². The fourth-order valence-corrected chi connectivity index (χ4v) is 6.27. The molecular formula is C27H23F3N2O3S. The molecule has 0 bridgehead atoms. The number of halogens is 3. The lowest BCUT2D eigenvalue weighted by atomic mass is 10.0. The number of aryl methyl sites for hydroxylation is 1. The number of hydrogen-bond donors (Lipinski definition) is 0. The van der Waals surface area contributed by atoms with Crippen LogP contribution in [0.5, 0.6) is 5.75 Å². The first kappa shape index (κ1) is 24.2. The van der Waals surface area contributed by atoms with Crippen LogP contribution in [0.4, 0.5) is 18.9 Å². The molecule has 0 aromatic heterocycles. The van der Waals surface area contributed by atoms with Gasteiger partial charge in [0.1, 0.15) is 5.75 Å². The predicted molar refractivity (Wildman–Crippen MR) is 132 cm³/mol. The number of fused-ring (bicyclic) bond motifs is 2. The third kappa shape index (κ3) is 3.82. The molecular weight excluding hydrogens is 489 g/mol. The summed E-state index contributed by atoms with van der Waals surface area (Å²) >= 11 is 1.39. The standard InChI is InChI=1S/C27H23F3N2O3S/c1-17-5-3-4-6-21(17)24(33)32-13-14-36-26(32)22-15-20(35-2)11-12-23(22)31(25(26)34)16-18-7-9-19(10-8-18)27(28,29)30/h3-12,15H,13-14,16H2,1-2H3/t26-/m0/s1. The van der Waals surface area contributed by atoms with Gasteiger partial charge >= 0.3 is 6.18 Å². The van der Waals surface area contributed by atoms with Gasteiger partial charge < -0.3 is 14.5 Å². The zero-order valence-electron chi connectivity index (χ0n) is 19.6. The normalized spacial score (nSPS) is 19.2. The number of carbonyl (C=O) groups excluding carboxylic acids is 2. The zero-order chi connectivity index (χ0) is 25.7. The van der Waals surface area contributed by atoms with Crippen LogP contribution in [-0.4, -0.2) is 36.1 Å². The van der Waals surface area contributed by atoms with Crippen molar-refractivity contribution in [3.05, 3.63) is 94.5 Å². The molecule has 9 heteroatoms. The number of thioether (sulfide) groups is 1. The quantitative estimate of drug-likeness (QED) is 0.456. The molecule has 2 aliphatic rings. The van der Waals surface area contributed by atoms with Crippen LogP contribution in [0.25, 0.3) is 0 Å². The fraction of sp³-hybridized carbons (Fsp3) is 0.259. The Balaban J connectivity index is 1.57. The van der Waals surface area contributed by atoms with Gasteiger partial charge in [0.15, 0.2) is 4.87 Å². The van der Waals surface area contributed by atoms with Gasteiger partial charge in [-0.05, 0) is 54.4 Å². The maximum Gasteiger partial charge on any atom is 0.416 e. The molecule has 0 unspecified atom stereocenters. The molecule has 3 aromatic carbocycles. The molecule has 0 aliphatic carbocycles. The molecule has 5 nitrogen and oxygen atoms in total. The third-order valence-corrected chi connectivity index (χ3v) is 8.06. The minimum Gasteiger partial charge on any atom is -0.497 e. The van der Waals surface area contributed by atoms with Gasteiger partial charge in [-0.25, -0.2) is 0 Å².